The van der Waals surface area contributed by atoms with E-state index in [1.54, 1.807) is 12.1 Å². The van der Waals surface area contributed by atoms with Gasteiger partial charge in [0, 0.05) is 42.6 Å². The average Bonchev–Trinajstić information content (AvgIpc) is 2.54. The van der Waals surface area contributed by atoms with E-state index in [1.807, 2.05) is 26.8 Å². The monoisotopic (exact) mass is 371 g/mol. The van der Waals surface area contributed by atoms with E-state index in [9.17, 15) is 9.90 Å². The zero-order valence-electron chi connectivity index (χ0n) is 14.7. The second kappa shape index (κ2) is 9.77. The largest absolute Gasteiger partial charge is 0.491 e. The van der Waals surface area contributed by atoms with Crippen LogP contribution in [-0.2, 0) is 6.42 Å². The molecule has 3 N–H and O–H groups in total. The van der Waals surface area contributed by atoms with Gasteiger partial charge in [0.25, 0.3) is 0 Å². The highest BCUT2D eigenvalue weighted by molar-refractivity contribution is 5.85. The van der Waals surface area contributed by atoms with Crippen LogP contribution in [0.5, 0.6) is 5.75 Å². The lowest BCUT2D eigenvalue weighted by atomic mass is 10.0. The van der Waals surface area contributed by atoms with E-state index < -0.39 is 11.7 Å². The van der Waals surface area contributed by atoms with E-state index in [0.717, 1.165) is 10.9 Å². The van der Waals surface area contributed by atoms with Crippen LogP contribution in [-0.4, -0.2) is 42.1 Å². The summed E-state index contributed by atoms with van der Waals surface area (Å²) in [5, 5.41) is 22.9. The fourth-order valence-corrected chi connectivity index (χ4v) is 2.49. The molecule has 2 rings (SSSR count). The minimum absolute atomic E-state index is 0. The van der Waals surface area contributed by atoms with Gasteiger partial charge in [0.15, 0.2) is 0 Å². The van der Waals surface area contributed by atoms with Crippen LogP contribution < -0.4 is 15.7 Å². The number of ether oxygens (including phenoxy) is 1. The number of aliphatic hydroxyl groups is 2. The van der Waals surface area contributed by atoms with Gasteiger partial charge in [-0.15, -0.1) is 12.4 Å². The molecule has 6 nitrogen and oxygen atoms in total. The molecule has 1 heterocycles. The van der Waals surface area contributed by atoms with Crippen molar-refractivity contribution in [2.75, 3.05) is 19.8 Å². The van der Waals surface area contributed by atoms with Crippen molar-refractivity contribution >= 4 is 23.4 Å². The molecule has 0 spiro atoms. The molecule has 0 aliphatic heterocycles. The van der Waals surface area contributed by atoms with Gasteiger partial charge in [0.1, 0.15) is 24.0 Å². The molecule has 1 aromatic carbocycles. The maximum absolute atomic E-state index is 12.0. The Balaban J connectivity index is 0.00000312. The Morgan fingerprint density at radius 2 is 2.04 bits per heavy atom. The molecule has 2 aromatic rings. The Morgan fingerprint density at radius 3 is 2.68 bits per heavy atom. The molecule has 1 unspecified atom stereocenters. The van der Waals surface area contributed by atoms with E-state index in [0.29, 0.717) is 29.5 Å². The molecule has 0 saturated carbocycles. The third kappa shape index (κ3) is 5.71. The van der Waals surface area contributed by atoms with Gasteiger partial charge in [-0.1, -0.05) is 13.8 Å². The van der Waals surface area contributed by atoms with E-state index in [-0.39, 0.29) is 32.0 Å². The number of aliphatic hydroxyl groups excluding tert-OH is 2. The van der Waals surface area contributed by atoms with Crippen molar-refractivity contribution in [2.24, 2.45) is 0 Å². The van der Waals surface area contributed by atoms with Crippen LogP contribution in [0.1, 0.15) is 25.0 Å². The average molecular weight is 372 g/mol. The van der Waals surface area contributed by atoms with E-state index in [2.05, 4.69) is 5.32 Å². The van der Waals surface area contributed by atoms with Gasteiger partial charge in [-0.3, -0.25) is 0 Å². The first kappa shape index (κ1) is 21.4. The number of hydrogen-bond donors (Lipinski definition) is 3. The molecule has 0 saturated heterocycles. The van der Waals surface area contributed by atoms with Gasteiger partial charge in [0.2, 0.25) is 0 Å². The van der Waals surface area contributed by atoms with Crippen LogP contribution in [0.3, 0.4) is 0 Å². The number of rotatable bonds is 8. The number of benzene rings is 1. The topological polar surface area (TPSA) is 91.9 Å². The number of fused-ring (bicyclic) bond motifs is 1. The highest BCUT2D eigenvalue weighted by atomic mass is 35.5. The molecule has 140 valence electrons. The van der Waals surface area contributed by atoms with Crippen LogP contribution in [0, 0.1) is 6.92 Å². The molecule has 25 heavy (non-hydrogen) atoms. The lowest BCUT2D eigenvalue weighted by Crippen LogP contribution is -2.35. The summed E-state index contributed by atoms with van der Waals surface area (Å²) in [5.74, 6) is 0.531. The van der Waals surface area contributed by atoms with Crippen molar-refractivity contribution in [1.82, 2.24) is 5.32 Å². The first-order valence-electron chi connectivity index (χ1n) is 8.13. The highest BCUT2D eigenvalue weighted by Gasteiger charge is 2.12. The SMILES string of the molecule is Cc1c(CCO)c(=O)oc2cc(OCC(O)CNC(C)C)ccc12.Cl. The Morgan fingerprint density at radius 1 is 1.32 bits per heavy atom. The van der Waals surface area contributed by atoms with Gasteiger partial charge < -0.3 is 24.7 Å². The van der Waals surface area contributed by atoms with E-state index in [1.165, 1.54) is 0 Å². The second-order valence-corrected chi connectivity index (χ2v) is 6.15. The van der Waals surface area contributed by atoms with Crippen LogP contribution >= 0.6 is 12.4 Å². The van der Waals surface area contributed by atoms with Gasteiger partial charge in [-0.25, -0.2) is 4.79 Å². The number of hydrogen-bond acceptors (Lipinski definition) is 6. The van der Waals surface area contributed by atoms with Gasteiger partial charge in [0.05, 0.1) is 0 Å². The van der Waals surface area contributed by atoms with Gasteiger partial charge in [-0.05, 0) is 24.6 Å². The summed E-state index contributed by atoms with van der Waals surface area (Å²) in [4.78, 5) is 12.0. The Kier molecular flexibility index (Phi) is 8.38. The summed E-state index contributed by atoms with van der Waals surface area (Å²) in [6.45, 7) is 6.35. The molecular formula is C18H26ClNO5. The van der Waals surface area contributed by atoms with Crippen molar-refractivity contribution < 1.29 is 19.4 Å². The molecule has 1 aromatic heterocycles. The maximum atomic E-state index is 12.0. The molecule has 1 atom stereocenters. The third-order valence-corrected chi connectivity index (χ3v) is 3.82. The summed E-state index contributed by atoms with van der Waals surface area (Å²) >= 11 is 0. The van der Waals surface area contributed by atoms with Crippen LogP contribution in [0.4, 0.5) is 0 Å². The zero-order chi connectivity index (χ0) is 17.7. The molecule has 0 aliphatic rings. The summed E-state index contributed by atoms with van der Waals surface area (Å²) in [6.07, 6.45) is -0.346. The van der Waals surface area contributed by atoms with Crippen LogP contribution in [0.25, 0.3) is 11.0 Å². The third-order valence-electron chi connectivity index (χ3n) is 3.82. The smallest absolute Gasteiger partial charge is 0.339 e. The quantitative estimate of drug-likeness (QED) is 0.613. The standard InChI is InChI=1S/C18H25NO5.ClH/c1-11(2)19-9-13(21)10-23-14-4-5-15-12(3)16(6-7-20)18(22)24-17(15)8-14;/h4-5,8,11,13,19-21H,6-7,9-10H2,1-3H3;1H. The van der Waals surface area contributed by atoms with Crippen molar-refractivity contribution in [1.29, 1.82) is 0 Å². The maximum Gasteiger partial charge on any atom is 0.339 e. The number of aryl methyl sites for hydroxylation is 1. The Labute approximate surface area is 153 Å². The first-order chi connectivity index (χ1) is 11.4. The van der Waals surface area contributed by atoms with Crippen molar-refractivity contribution in [3.05, 3.63) is 39.7 Å². The van der Waals surface area contributed by atoms with Crippen molar-refractivity contribution in [2.45, 2.75) is 39.3 Å². The van der Waals surface area contributed by atoms with Crippen molar-refractivity contribution in [3.63, 3.8) is 0 Å². The molecule has 0 bridgehead atoms. The minimum Gasteiger partial charge on any atom is -0.491 e. The number of nitrogens with one attached hydrogen (secondary N) is 1. The van der Waals surface area contributed by atoms with Gasteiger partial charge in [-0.2, -0.15) is 0 Å². The minimum atomic E-state index is -0.622. The van der Waals surface area contributed by atoms with Gasteiger partial charge >= 0.3 is 5.63 Å². The lowest BCUT2D eigenvalue weighted by molar-refractivity contribution is 0.104. The Bertz CT molecular complexity index is 744. The molecule has 0 aliphatic carbocycles. The fraction of sp³-hybridized carbons (Fsp3) is 0.500. The normalized spacial score (nSPS) is 12.2. The molecular weight excluding hydrogens is 346 g/mol. The summed E-state index contributed by atoms with van der Waals surface area (Å²) in [7, 11) is 0. The van der Waals surface area contributed by atoms with Crippen LogP contribution in [0.2, 0.25) is 0 Å². The van der Waals surface area contributed by atoms with E-state index >= 15 is 0 Å². The summed E-state index contributed by atoms with van der Waals surface area (Å²) < 4.78 is 10.9. The predicted octanol–water partition coefficient (Wildman–Crippen LogP) is 1.80. The summed E-state index contributed by atoms with van der Waals surface area (Å²) in [6, 6.07) is 5.55. The summed E-state index contributed by atoms with van der Waals surface area (Å²) in [5.41, 5.74) is 1.30. The predicted molar refractivity (Wildman–Crippen MR) is 99.9 cm³/mol. The van der Waals surface area contributed by atoms with Crippen molar-refractivity contribution in [3.8, 4) is 5.75 Å². The molecule has 7 heteroatoms. The fourth-order valence-electron chi connectivity index (χ4n) is 2.49. The lowest BCUT2D eigenvalue weighted by Gasteiger charge is -2.15. The second-order valence-electron chi connectivity index (χ2n) is 6.15. The highest BCUT2D eigenvalue weighted by Crippen LogP contribution is 2.24. The Hall–Kier alpha value is -1.60. The van der Waals surface area contributed by atoms with Crippen LogP contribution in [0.15, 0.2) is 27.4 Å². The zero-order valence-corrected chi connectivity index (χ0v) is 15.6. The molecule has 0 fully saturated rings. The van der Waals surface area contributed by atoms with E-state index in [4.69, 9.17) is 14.3 Å². The molecule has 0 amide bonds. The number of halogens is 1. The first-order valence-corrected chi connectivity index (χ1v) is 8.13. The molecule has 0 radical (unpaired) electrons.